The van der Waals surface area contributed by atoms with Gasteiger partial charge in [-0.1, -0.05) is 30.3 Å². The minimum atomic E-state index is -3.59. The summed E-state index contributed by atoms with van der Waals surface area (Å²) in [5, 5.41) is 2.88. The van der Waals surface area contributed by atoms with Gasteiger partial charge in [0.15, 0.2) is 0 Å². The van der Waals surface area contributed by atoms with Gasteiger partial charge in [0.1, 0.15) is 4.90 Å². The highest BCUT2D eigenvalue weighted by Crippen LogP contribution is 2.32. The van der Waals surface area contributed by atoms with Crippen LogP contribution in [-0.2, 0) is 10.0 Å². The number of nitrogens with zero attached hydrogens (tertiary/aromatic N) is 4. The van der Waals surface area contributed by atoms with E-state index in [2.05, 4.69) is 44.0 Å². The fourth-order valence-electron chi connectivity index (χ4n) is 5.72. The molecule has 2 aliphatic heterocycles. The molecule has 0 amide bonds. The molecule has 1 N–H and O–H groups in total. The van der Waals surface area contributed by atoms with E-state index < -0.39 is 10.0 Å². The Morgan fingerprint density at radius 3 is 2.66 bits per heavy atom. The van der Waals surface area contributed by atoms with Crippen LogP contribution in [0.15, 0.2) is 72.0 Å². The number of hydrogen-bond acceptors (Lipinski definition) is 5. The van der Waals surface area contributed by atoms with Gasteiger partial charge in [0, 0.05) is 84.7 Å². The van der Waals surface area contributed by atoms with E-state index in [1.54, 1.807) is 10.5 Å². The average molecular weight is 490 g/mol. The van der Waals surface area contributed by atoms with E-state index in [-0.39, 0.29) is 6.04 Å². The lowest BCUT2D eigenvalue weighted by Crippen LogP contribution is -2.47. The van der Waals surface area contributed by atoms with Crippen LogP contribution in [0.3, 0.4) is 0 Å². The predicted molar refractivity (Wildman–Crippen MR) is 140 cm³/mol. The Labute approximate surface area is 206 Å². The van der Waals surface area contributed by atoms with Crippen molar-refractivity contribution in [2.75, 3.05) is 44.2 Å². The minimum absolute atomic E-state index is 0.0469. The Balaban J connectivity index is 1.11. The zero-order valence-corrected chi connectivity index (χ0v) is 20.6. The molecule has 0 bridgehead atoms. The Hall–Kier alpha value is -2.94. The number of nitrogens with one attached hydrogen (secondary N) is 1. The van der Waals surface area contributed by atoms with Crippen molar-refractivity contribution in [2.45, 2.75) is 30.2 Å². The van der Waals surface area contributed by atoms with Gasteiger partial charge in [-0.15, -0.1) is 0 Å². The smallest absolute Gasteiger partial charge is 0.245 e. The highest BCUT2D eigenvalue weighted by Gasteiger charge is 2.36. The number of pyridine rings is 1. The number of H-pyrrole nitrogens is 1. The zero-order chi connectivity index (χ0) is 23.8. The summed E-state index contributed by atoms with van der Waals surface area (Å²) in [5.74, 6) is 0. The summed E-state index contributed by atoms with van der Waals surface area (Å²) in [5.41, 5.74) is 2.47. The minimum Gasteiger partial charge on any atom is -0.368 e. The maximum atomic E-state index is 13.7. The number of anilines is 1. The zero-order valence-electron chi connectivity index (χ0n) is 19.8. The molecular weight excluding hydrogens is 458 g/mol. The van der Waals surface area contributed by atoms with Crippen LogP contribution in [0.25, 0.3) is 21.7 Å². The number of piperazine rings is 1. The fourth-order valence-corrected chi connectivity index (χ4v) is 7.61. The van der Waals surface area contributed by atoms with E-state index >= 15 is 0 Å². The summed E-state index contributed by atoms with van der Waals surface area (Å²) in [6.45, 7) is 5.47. The monoisotopic (exact) mass is 489 g/mol. The van der Waals surface area contributed by atoms with Crippen LogP contribution in [0, 0.1) is 0 Å². The van der Waals surface area contributed by atoms with Crippen molar-refractivity contribution in [1.82, 2.24) is 19.2 Å². The van der Waals surface area contributed by atoms with Crippen molar-refractivity contribution in [3.05, 3.63) is 67.1 Å². The second-order valence-electron chi connectivity index (χ2n) is 9.60. The van der Waals surface area contributed by atoms with Crippen molar-refractivity contribution in [3.63, 3.8) is 0 Å². The molecule has 2 aromatic heterocycles. The summed E-state index contributed by atoms with van der Waals surface area (Å²) >= 11 is 0. The molecule has 2 saturated heterocycles. The second-order valence-corrected chi connectivity index (χ2v) is 11.5. The third-order valence-electron chi connectivity index (χ3n) is 7.60. The van der Waals surface area contributed by atoms with Crippen LogP contribution in [0.1, 0.15) is 19.3 Å². The summed E-state index contributed by atoms with van der Waals surface area (Å²) in [7, 11) is -3.59. The molecule has 6 rings (SSSR count). The predicted octanol–water partition coefficient (Wildman–Crippen LogP) is 4.08. The number of rotatable bonds is 6. The fraction of sp³-hybridized carbons (Fsp3) is 0.370. The van der Waals surface area contributed by atoms with Crippen molar-refractivity contribution < 1.29 is 8.42 Å². The lowest BCUT2D eigenvalue weighted by atomic mass is 10.1. The van der Waals surface area contributed by atoms with Gasteiger partial charge in [0.25, 0.3) is 0 Å². The topological polar surface area (TPSA) is 72.5 Å². The van der Waals surface area contributed by atoms with E-state index in [1.165, 1.54) is 22.8 Å². The third-order valence-corrected chi connectivity index (χ3v) is 9.58. The largest absolute Gasteiger partial charge is 0.368 e. The third kappa shape index (κ3) is 4.20. The maximum absolute atomic E-state index is 13.7. The van der Waals surface area contributed by atoms with E-state index in [9.17, 15) is 8.42 Å². The normalized spacial score (nSPS) is 20.2. The van der Waals surface area contributed by atoms with Crippen LogP contribution in [0.5, 0.6) is 0 Å². The van der Waals surface area contributed by atoms with Gasteiger partial charge in [0.2, 0.25) is 10.0 Å². The van der Waals surface area contributed by atoms with Gasteiger partial charge in [-0.05, 0) is 44.0 Å². The lowest BCUT2D eigenvalue weighted by molar-refractivity contribution is 0.232. The molecule has 0 unspecified atom stereocenters. The molecule has 1 atom stereocenters. The molecule has 35 heavy (non-hydrogen) atoms. The van der Waals surface area contributed by atoms with Gasteiger partial charge in [-0.25, -0.2) is 8.42 Å². The molecule has 8 heteroatoms. The second kappa shape index (κ2) is 9.26. The molecule has 7 nitrogen and oxygen atoms in total. The summed E-state index contributed by atoms with van der Waals surface area (Å²) in [6, 6.07) is 16.2. The van der Waals surface area contributed by atoms with Crippen LogP contribution in [0.4, 0.5) is 5.69 Å². The highest BCUT2D eigenvalue weighted by molar-refractivity contribution is 7.89. The van der Waals surface area contributed by atoms with Crippen molar-refractivity contribution in [1.29, 1.82) is 0 Å². The Morgan fingerprint density at radius 2 is 1.77 bits per heavy atom. The Kier molecular flexibility index (Phi) is 5.96. The van der Waals surface area contributed by atoms with E-state index in [1.807, 2.05) is 30.5 Å². The number of benzene rings is 2. The van der Waals surface area contributed by atoms with E-state index in [4.69, 9.17) is 0 Å². The van der Waals surface area contributed by atoms with Crippen molar-refractivity contribution in [2.24, 2.45) is 0 Å². The highest BCUT2D eigenvalue weighted by atomic mass is 32.2. The number of aromatic nitrogens is 2. The first kappa shape index (κ1) is 22.5. The number of fused-ring (bicyclic) bond motifs is 2. The summed E-state index contributed by atoms with van der Waals surface area (Å²) in [4.78, 5) is 12.8. The SMILES string of the molecule is O=S(=O)(c1cncc2ccccc12)N1CCC[C@@H]1CCN1CCN(c2cccc3[nH]ccc23)CC1. The van der Waals surface area contributed by atoms with Crippen molar-refractivity contribution in [3.8, 4) is 0 Å². The van der Waals surface area contributed by atoms with Crippen LogP contribution >= 0.6 is 0 Å². The van der Waals surface area contributed by atoms with Gasteiger partial charge < -0.3 is 9.88 Å². The first-order valence-corrected chi connectivity index (χ1v) is 13.9. The lowest BCUT2D eigenvalue weighted by Gasteiger charge is -2.37. The molecule has 2 fully saturated rings. The number of sulfonamides is 1. The van der Waals surface area contributed by atoms with Crippen molar-refractivity contribution >= 4 is 37.4 Å². The Bertz CT molecular complexity index is 1440. The van der Waals surface area contributed by atoms with Gasteiger partial charge in [-0.3, -0.25) is 9.88 Å². The van der Waals surface area contributed by atoms with E-state index in [0.717, 1.165) is 62.8 Å². The standard InChI is InChI=1S/C27H31N5O2S/c33-35(34,27-20-28-19-21-5-1-2-7-23(21)27)32-13-4-6-22(32)11-14-30-15-17-31(18-16-30)26-9-3-8-25-24(26)10-12-29-25/h1-3,5,7-10,12,19-20,22,29H,4,6,11,13-18H2/t22-/m1/s1. The molecule has 182 valence electrons. The summed E-state index contributed by atoms with van der Waals surface area (Å²) in [6.07, 6.45) is 7.94. The Morgan fingerprint density at radius 1 is 0.914 bits per heavy atom. The molecule has 4 aromatic rings. The van der Waals surface area contributed by atoms with Crippen LogP contribution in [-0.4, -0.2) is 72.9 Å². The van der Waals surface area contributed by atoms with Crippen LogP contribution < -0.4 is 4.90 Å². The molecule has 0 radical (unpaired) electrons. The van der Waals surface area contributed by atoms with E-state index in [0.29, 0.717) is 11.4 Å². The van der Waals surface area contributed by atoms with Gasteiger partial charge in [-0.2, -0.15) is 4.31 Å². The quantitative estimate of drug-likeness (QED) is 0.442. The molecule has 0 spiro atoms. The van der Waals surface area contributed by atoms with Gasteiger partial charge >= 0.3 is 0 Å². The average Bonchev–Trinajstić information content (AvgIpc) is 3.57. The molecular formula is C27H31N5O2S. The van der Waals surface area contributed by atoms with Gasteiger partial charge in [0.05, 0.1) is 0 Å². The molecule has 0 saturated carbocycles. The first-order chi connectivity index (χ1) is 17.1. The number of aromatic amines is 1. The molecule has 0 aliphatic carbocycles. The summed E-state index contributed by atoms with van der Waals surface area (Å²) < 4.78 is 29.1. The molecule has 4 heterocycles. The molecule has 2 aromatic carbocycles. The molecule has 2 aliphatic rings. The maximum Gasteiger partial charge on any atom is 0.245 e. The first-order valence-electron chi connectivity index (χ1n) is 12.5. The number of hydrogen-bond donors (Lipinski definition) is 1. The van der Waals surface area contributed by atoms with Crippen LogP contribution in [0.2, 0.25) is 0 Å².